The van der Waals surface area contributed by atoms with Crippen LogP contribution in [0, 0.1) is 0 Å². The van der Waals surface area contributed by atoms with E-state index in [1.165, 1.54) is 0 Å². The second-order valence-electron chi connectivity index (χ2n) is 5.79. The van der Waals surface area contributed by atoms with Gasteiger partial charge >= 0.3 is 0 Å². The van der Waals surface area contributed by atoms with Crippen molar-refractivity contribution in [1.82, 2.24) is 9.38 Å². The van der Waals surface area contributed by atoms with Crippen LogP contribution >= 0.6 is 11.6 Å². The van der Waals surface area contributed by atoms with Gasteiger partial charge in [0.05, 0.1) is 12.1 Å². The molecule has 2 aromatic heterocycles. The first kappa shape index (κ1) is 16.3. The van der Waals surface area contributed by atoms with Gasteiger partial charge in [0.1, 0.15) is 28.7 Å². The van der Waals surface area contributed by atoms with Crippen LogP contribution < -0.4 is 10.1 Å². The molecule has 0 saturated heterocycles. The smallest absolute Gasteiger partial charge is 0.143 e. The van der Waals surface area contributed by atoms with Crippen molar-refractivity contribution in [2.24, 2.45) is 0 Å². The molecule has 2 aromatic carbocycles. The molecule has 0 atom stereocenters. The van der Waals surface area contributed by atoms with Crippen LogP contribution in [0.1, 0.15) is 0 Å². The highest BCUT2D eigenvalue weighted by molar-refractivity contribution is 6.30. The van der Waals surface area contributed by atoms with Gasteiger partial charge in [-0.2, -0.15) is 0 Å². The third-order valence-corrected chi connectivity index (χ3v) is 4.28. The van der Waals surface area contributed by atoms with Crippen LogP contribution in [0.5, 0.6) is 11.5 Å². The Labute approximate surface area is 155 Å². The number of pyridine rings is 1. The molecule has 0 spiro atoms. The predicted molar refractivity (Wildman–Crippen MR) is 104 cm³/mol. The third kappa shape index (κ3) is 3.05. The van der Waals surface area contributed by atoms with Crippen LogP contribution in [0.15, 0.2) is 66.9 Å². The van der Waals surface area contributed by atoms with Gasteiger partial charge in [-0.15, -0.1) is 0 Å². The van der Waals surface area contributed by atoms with Crippen molar-refractivity contribution in [3.05, 3.63) is 71.9 Å². The van der Waals surface area contributed by atoms with Crippen molar-refractivity contribution in [2.45, 2.75) is 0 Å². The van der Waals surface area contributed by atoms with Gasteiger partial charge in [0.2, 0.25) is 0 Å². The van der Waals surface area contributed by atoms with Gasteiger partial charge < -0.3 is 15.2 Å². The van der Waals surface area contributed by atoms with E-state index in [0.717, 1.165) is 34.2 Å². The molecule has 130 valence electrons. The number of nitrogens with zero attached hydrogens (tertiary/aromatic N) is 2. The Kier molecular flexibility index (Phi) is 4.14. The quantitative estimate of drug-likeness (QED) is 0.527. The summed E-state index contributed by atoms with van der Waals surface area (Å²) in [4.78, 5) is 4.72. The fourth-order valence-corrected chi connectivity index (χ4v) is 2.96. The Morgan fingerprint density at radius 1 is 1.08 bits per heavy atom. The first-order chi connectivity index (χ1) is 12.6. The van der Waals surface area contributed by atoms with Crippen molar-refractivity contribution in [2.75, 3.05) is 12.4 Å². The van der Waals surface area contributed by atoms with Crippen molar-refractivity contribution < 1.29 is 9.84 Å². The number of aromatic hydroxyl groups is 1. The minimum Gasteiger partial charge on any atom is -0.508 e. The number of aromatic nitrogens is 2. The van der Waals surface area contributed by atoms with E-state index in [9.17, 15) is 5.11 Å². The van der Waals surface area contributed by atoms with Gasteiger partial charge in [-0.25, -0.2) is 4.98 Å². The second kappa shape index (κ2) is 6.61. The van der Waals surface area contributed by atoms with E-state index in [-0.39, 0.29) is 5.75 Å². The van der Waals surface area contributed by atoms with Crippen LogP contribution in [0.4, 0.5) is 11.5 Å². The molecule has 4 rings (SSSR count). The molecule has 0 radical (unpaired) electrons. The molecule has 6 heteroatoms. The predicted octanol–water partition coefficient (Wildman–Crippen LogP) is 5.11. The lowest BCUT2D eigenvalue weighted by atomic mass is 10.1. The number of phenols is 1. The number of nitrogens with one attached hydrogen (secondary N) is 1. The number of imidazole rings is 1. The normalized spacial score (nSPS) is 10.8. The zero-order chi connectivity index (χ0) is 18.1. The summed E-state index contributed by atoms with van der Waals surface area (Å²) in [6, 6.07) is 18.3. The Morgan fingerprint density at radius 3 is 2.65 bits per heavy atom. The molecule has 2 heterocycles. The van der Waals surface area contributed by atoms with Crippen molar-refractivity contribution >= 4 is 28.8 Å². The summed E-state index contributed by atoms with van der Waals surface area (Å²) in [6.07, 6.45) is 1.82. The molecule has 0 saturated carbocycles. The SMILES string of the molecule is COc1cccc(Nc2c(-c3ccc(O)cc3)nc3ccc(Cl)cn23)c1. The lowest BCUT2D eigenvalue weighted by Gasteiger charge is -2.10. The largest absolute Gasteiger partial charge is 0.508 e. The van der Waals surface area contributed by atoms with Crippen LogP contribution in [0.2, 0.25) is 5.02 Å². The van der Waals surface area contributed by atoms with Gasteiger partial charge in [-0.1, -0.05) is 17.7 Å². The van der Waals surface area contributed by atoms with Crippen LogP contribution in [-0.4, -0.2) is 21.6 Å². The summed E-state index contributed by atoms with van der Waals surface area (Å²) in [6.45, 7) is 0. The maximum absolute atomic E-state index is 9.57. The molecule has 0 fully saturated rings. The maximum Gasteiger partial charge on any atom is 0.143 e. The number of ether oxygens (including phenoxy) is 1. The van der Waals surface area contributed by atoms with E-state index < -0.39 is 0 Å². The summed E-state index contributed by atoms with van der Waals surface area (Å²) in [5.74, 6) is 1.75. The standard InChI is InChI=1S/C20H16ClN3O2/c1-26-17-4-2-3-15(11-17)22-20-19(13-5-8-16(25)9-6-13)23-18-10-7-14(21)12-24(18)20/h2-12,22,25H,1H3. The zero-order valence-electron chi connectivity index (χ0n) is 14.0. The highest BCUT2D eigenvalue weighted by Gasteiger charge is 2.15. The summed E-state index contributed by atoms with van der Waals surface area (Å²) in [5.41, 5.74) is 3.28. The van der Waals surface area contributed by atoms with Gasteiger partial charge in [0.15, 0.2) is 0 Å². The van der Waals surface area contributed by atoms with Gasteiger partial charge in [-0.3, -0.25) is 4.40 Å². The van der Waals surface area contributed by atoms with Crippen molar-refractivity contribution in [3.8, 4) is 22.8 Å². The molecule has 0 bridgehead atoms. The van der Waals surface area contributed by atoms with Gasteiger partial charge in [-0.05, 0) is 48.5 Å². The number of fused-ring (bicyclic) bond motifs is 1. The molecule has 2 N–H and O–H groups in total. The third-order valence-electron chi connectivity index (χ3n) is 4.06. The Morgan fingerprint density at radius 2 is 1.88 bits per heavy atom. The minimum absolute atomic E-state index is 0.211. The average molecular weight is 366 g/mol. The van der Waals surface area contributed by atoms with Crippen LogP contribution in [0.25, 0.3) is 16.9 Å². The number of phenolic OH excluding ortho intramolecular Hbond substituents is 1. The van der Waals surface area contributed by atoms with E-state index in [1.807, 2.05) is 53.1 Å². The van der Waals surface area contributed by atoms with E-state index in [0.29, 0.717) is 5.02 Å². The van der Waals surface area contributed by atoms with Crippen LogP contribution in [0.3, 0.4) is 0 Å². The first-order valence-corrected chi connectivity index (χ1v) is 8.40. The Hall–Kier alpha value is -3.18. The zero-order valence-corrected chi connectivity index (χ0v) is 14.7. The number of anilines is 2. The number of methoxy groups -OCH3 is 1. The van der Waals surface area contributed by atoms with E-state index in [2.05, 4.69) is 5.32 Å². The minimum atomic E-state index is 0.211. The molecule has 26 heavy (non-hydrogen) atoms. The second-order valence-corrected chi connectivity index (χ2v) is 6.22. The fourth-order valence-electron chi connectivity index (χ4n) is 2.80. The van der Waals surface area contributed by atoms with Crippen molar-refractivity contribution in [3.63, 3.8) is 0 Å². The van der Waals surface area contributed by atoms with E-state index in [4.69, 9.17) is 21.3 Å². The Balaban J connectivity index is 1.88. The lowest BCUT2D eigenvalue weighted by molar-refractivity contribution is 0.415. The topological polar surface area (TPSA) is 58.8 Å². The van der Waals surface area contributed by atoms with E-state index >= 15 is 0 Å². The molecule has 0 aliphatic rings. The number of hydrogen-bond acceptors (Lipinski definition) is 4. The Bertz CT molecular complexity index is 1070. The maximum atomic E-state index is 9.57. The molecule has 5 nitrogen and oxygen atoms in total. The van der Waals surface area contributed by atoms with Gasteiger partial charge in [0.25, 0.3) is 0 Å². The van der Waals surface area contributed by atoms with E-state index in [1.54, 1.807) is 25.3 Å². The molecule has 0 amide bonds. The summed E-state index contributed by atoms with van der Waals surface area (Å²) >= 11 is 6.19. The molecule has 0 aliphatic heterocycles. The highest BCUT2D eigenvalue weighted by Crippen LogP contribution is 2.33. The first-order valence-electron chi connectivity index (χ1n) is 8.02. The summed E-state index contributed by atoms with van der Waals surface area (Å²) in [7, 11) is 1.63. The molecule has 0 unspecified atom stereocenters. The number of benzene rings is 2. The molecular formula is C20H16ClN3O2. The molecule has 0 aliphatic carbocycles. The lowest BCUT2D eigenvalue weighted by Crippen LogP contribution is -1.97. The van der Waals surface area contributed by atoms with Gasteiger partial charge in [0, 0.05) is 23.5 Å². The average Bonchev–Trinajstić information content (AvgIpc) is 3.00. The number of halogens is 1. The summed E-state index contributed by atoms with van der Waals surface area (Å²) < 4.78 is 7.20. The highest BCUT2D eigenvalue weighted by atomic mass is 35.5. The fraction of sp³-hybridized carbons (Fsp3) is 0.0500. The molecular weight excluding hydrogens is 350 g/mol. The van der Waals surface area contributed by atoms with Crippen LogP contribution in [-0.2, 0) is 0 Å². The number of rotatable bonds is 4. The summed E-state index contributed by atoms with van der Waals surface area (Å²) in [5, 5.41) is 13.6. The molecule has 4 aromatic rings. The number of hydrogen-bond donors (Lipinski definition) is 2. The van der Waals surface area contributed by atoms with Crippen molar-refractivity contribution in [1.29, 1.82) is 0 Å². The monoisotopic (exact) mass is 365 g/mol.